The number of carbonyl (C=O) groups is 1. The van der Waals surface area contributed by atoms with E-state index in [4.69, 9.17) is 16.9 Å². The second-order valence-corrected chi connectivity index (χ2v) is 4.63. The second kappa shape index (κ2) is 7.18. The van der Waals surface area contributed by atoms with Gasteiger partial charge in [-0.3, -0.25) is 0 Å². The van der Waals surface area contributed by atoms with E-state index < -0.39 is 5.97 Å². The number of terminal acetylenes is 1. The number of hydrogen-bond donors (Lipinski definition) is 2. The number of nitrogens with one attached hydrogen (secondary N) is 1. The van der Waals surface area contributed by atoms with Crippen LogP contribution < -0.4 is 21.3 Å². The summed E-state index contributed by atoms with van der Waals surface area (Å²) in [6, 6.07) is 4.76. The third-order valence-corrected chi connectivity index (χ3v) is 2.85. The molecule has 0 amide bonds. The van der Waals surface area contributed by atoms with E-state index in [1.165, 1.54) is 13.2 Å². The molecule has 0 fully saturated rings. The minimum atomic E-state index is -0.483. The Morgan fingerprint density at radius 2 is 2.26 bits per heavy atom. The van der Waals surface area contributed by atoms with E-state index in [0.717, 1.165) is 5.46 Å². The average molecular weight is 310 g/mol. The molecule has 0 aliphatic carbocycles. The fourth-order valence-corrected chi connectivity index (χ4v) is 1.83. The van der Waals surface area contributed by atoms with Gasteiger partial charge in [-0.1, -0.05) is 5.92 Å². The molecule has 1 heterocycles. The summed E-state index contributed by atoms with van der Waals surface area (Å²) < 4.78 is 10.0. The molecule has 1 aromatic carbocycles. The molecule has 0 aliphatic heterocycles. The second-order valence-electron chi connectivity index (χ2n) is 4.63. The van der Waals surface area contributed by atoms with Crippen molar-refractivity contribution in [2.24, 2.45) is 0 Å². The summed E-state index contributed by atoms with van der Waals surface area (Å²) in [5.74, 6) is 2.57. The number of aromatic nitrogens is 2. The summed E-state index contributed by atoms with van der Waals surface area (Å²) in [6.45, 7) is 0.113. The Bertz CT molecular complexity index is 774. The summed E-state index contributed by atoms with van der Waals surface area (Å²) in [5.41, 5.74) is 7.83. The topological polar surface area (TPSA) is 99.4 Å². The van der Waals surface area contributed by atoms with Gasteiger partial charge >= 0.3 is 5.97 Å². The van der Waals surface area contributed by atoms with Crippen molar-refractivity contribution in [1.82, 2.24) is 9.97 Å². The molecule has 8 heteroatoms. The molecule has 0 unspecified atom stereocenters. The Hall–Kier alpha value is -3.21. The highest BCUT2D eigenvalue weighted by Crippen LogP contribution is 2.20. The minimum absolute atomic E-state index is 0.113. The number of methoxy groups -OCH3 is 1. The summed E-state index contributed by atoms with van der Waals surface area (Å²) in [4.78, 5) is 20.0. The van der Waals surface area contributed by atoms with Crippen molar-refractivity contribution in [2.75, 3.05) is 24.8 Å². The summed E-state index contributed by atoms with van der Waals surface area (Å²) in [5, 5.41) is 2.97. The monoisotopic (exact) mass is 310 g/mol. The zero-order valence-electron chi connectivity index (χ0n) is 12.8. The van der Waals surface area contributed by atoms with Gasteiger partial charge in [-0.15, -0.1) is 6.42 Å². The van der Waals surface area contributed by atoms with Crippen molar-refractivity contribution in [3.63, 3.8) is 0 Å². The standard InChI is InChI=1S/C15H15BN4O3/c1-3-4-23-13-12(16)8-18-15(20-13)19-11-6-9(14(21)22-2)5-10(17)7-11/h1,5-8H,4,16-17H2,2H3,(H,18,19,20). The van der Waals surface area contributed by atoms with E-state index in [9.17, 15) is 4.79 Å². The van der Waals surface area contributed by atoms with Gasteiger partial charge in [0.1, 0.15) is 7.85 Å². The van der Waals surface area contributed by atoms with Crippen molar-refractivity contribution >= 4 is 36.6 Å². The number of rotatable bonds is 5. The summed E-state index contributed by atoms with van der Waals surface area (Å²) >= 11 is 0. The van der Waals surface area contributed by atoms with Gasteiger partial charge in [0.05, 0.1) is 12.7 Å². The van der Waals surface area contributed by atoms with E-state index in [0.29, 0.717) is 28.8 Å². The van der Waals surface area contributed by atoms with Crippen molar-refractivity contribution in [1.29, 1.82) is 0 Å². The quantitative estimate of drug-likeness (QED) is 0.343. The maximum absolute atomic E-state index is 11.6. The largest absolute Gasteiger partial charge is 0.465 e. The van der Waals surface area contributed by atoms with Crippen LogP contribution in [0, 0.1) is 12.3 Å². The first-order valence-corrected chi connectivity index (χ1v) is 6.69. The van der Waals surface area contributed by atoms with E-state index in [1.54, 1.807) is 18.3 Å². The lowest BCUT2D eigenvalue weighted by Crippen LogP contribution is -2.14. The van der Waals surface area contributed by atoms with Gasteiger partial charge in [0, 0.05) is 17.6 Å². The number of nitrogen functional groups attached to an aromatic ring is 1. The lowest BCUT2D eigenvalue weighted by atomic mass is 10.00. The molecule has 116 valence electrons. The highest BCUT2D eigenvalue weighted by Gasteiger charge is 2.10. The normalized spacial score (nSPS) is 9.74. The van der Waals surface area contributed by atoms with Crippen LogP contribution in [0.15, 0.2) is 24.4 Å². The number of nitrogens with two attached hydrogens (primary N) is 1. The third kappa shape index (κ3) is 4.14. The van der Waals surface area contributed by atoms with Crippen LogP contribution in [0.4, 0.5) is 17.3 Å². The molecule has 0 spiro atoms. The van der Waals surface area contributed by atoms with Crippen LogP contribution in [-0.4, -0.2) is 37.5 Å². The van der Waals surface area contributed by atoms with E-state index in [2.05, 4.69) is 25.9 Å². The van der Waals surface area contributed by atoms with E-state index >= 15 is 0 Å². The van der Waals surface area contributed by atoms with Crippen LogP contribution >= 0.6 is 0 Å². The molecular weight excluding hydrogens is 295 g/mol. The van der Waals surface area contributed by atoms with Crippen LogP contribution in [0.1, 0.15) is 10.4 Å². The fraction of sp³-hybridized carbons (Fsp3) is 0.133. The molecule has 0 atom stereocenters. The van der Waals surface area contributed by atoms with Crippen molar-refractivity contribution in [3.05, 3.63) is 30.0 Å². The number of hydrogen-bond acceptors (Lipinski definition) is 7. The molecule has 23 heavy (non-hydrogen) atoms. The van der Waals surface area contributed by atoms with Crippen LogP contribution in [0.5, 0.6) is 5.88 Å². The molecular formula is C15H15BN4O3. The van der Waals surface area contributed by atoms with Crippen molar-refractivity contribution in [2.45, 2.75) is 0 Å². The number of carbonyl (C=O) groups excluding carboxylic acids is 1. The first kappa shape index (κ1) is 16.2. The number of benzene rings is 1. The zero-order valence-corrected chi connectivity index (χ0v) is 12.8. The predicted octanol–water partition coefficient (Wildman–Crippen LogP) is -0.141. The van der Waals surface area contributed by atoms with E-state index in [-0.39, 0.29) is 6.61 Å². The van der Waals surface area contributed by atoms with Crippen molar-refractivity contribution in [3.8, 4) is 18.2 Å². The Kier molecular flexibility index (Phi) is 5.05. The van der Waals surface area contributed by atoms with Gasteiger partial charge in [0.25, 0.3) is 0 Å². The van der Waals surface area contributed by atoms with Crippen molar-refractivity contribution < 1.29 is 14.3 Å². The van der Waals surface area contributed by atoms with E-state index in [1.807, 2.05) is 7.85 Å². The number of nitrogens with zero attached hydrogens (tertiary/aromatic N) is 2. The molecule has 1 aromatic heterocycles. The third-order valence-electron chi connectivity index (χ3n) is 2.85. The molecule has 2 aromatic rings. The maximum atomic E-state index is 11.6. The molecule has 0 radical (unpaired) electrons. The van der Waals surface area contributed by atoms with Crippen LogP contribution in [0.25, 0.3) is 0 Å². The fourth-order valence-electron chi connectivity index (χ4n) is 1.83. The Balaban J connectivity index is 2.27. The minimum Gasteiger partial charge on any atom is -0.465 e. The highest BCUT2D eigenvalue weighted by molar-refractivity contribution is 6.33. The van der Waals surface area contributed by atoms with Gasteiger partial charge in [-0.25, -0.2) is 9.78 Å². The smallest absolute Gasteiger partial charge is 0.337 e. The average Bonchev–Trinajstić information content (AvgIpc) is 2.54. The predicted molar refractivity (Wildman–Crippen MR) is 90.0 cm³/mol. The van der Waals surface area contributed by atoms with Gasteiger partial charge in [0.15, 0.2) is 6.61 Å². The van der Waals surface area contributed by atoms with Crippen LogP contribution in [0.2, 0.25) is 0 Å². The molecule has 0 saturated carbocycles. The lowest BCUT2D eigenvalue weighted by molar-refractivity contribution is 0.0601. The van der Waals surface area contributed by atoms with Gasteiger partial charge in [0.2, 0.25) is 11.8 Å². The molecule has 3 N–H and O–H groups in total. The molecule has 0 bridgehead atoms. The van der Waals surface area contributed by atoms with Gasteiger partial charge < -0.3 is 20.5 Å². The maximum Gasteiger partial charge on any atom is 0.337 e. The SMILES string of the molecule is Bc1cnc(Nc2cc(N)cc(C(=O)OC)c2)nc1OCC#C. The Labute approximate surface area is 134 Å². The summed E-state index contributed by atoms with van der Waals surface area (Å²) in [7, 11) is 3.11. The molecule has 2 rings (SSSR count). The molecule has 0 saturated heterocycles. The first-order valence-electron chi connectivity index (χ1n) is 6.69. The van der Waals surface area contributed by atoms with Gasteiger partial charge in [-0.2, -0.15) is 4.98 Å². The summed E-state index contributed by atoms with van der Waals surface area (Å²) in [6.07, 6.45) is 6.78. The Morgan fingerprint density at radius 3 is 2.96 bits per heavy atom. The number of ether oxygens (including phenoxy) is 2. The molecule has 0 aliphatic rings. The lowest BCUT2D eigenvalue weighted by Gasteiger charge is -2.10. The highest BCUT2D eigenvalue weighted by atomic mass is 16.5. The molecule has 7 nitrogen and oxygen atoms in total. The van der Waals surface area contributed by atoms with Gasteiger partial charge in [-0.05, 0) is 23.7 Å². The first-order chi connectivity index (χ1) is 11.0. The Morgan fingerprint density at radius 1 is 1.48 bits per heavy atom. The van der Waals surface area contributed by atoms with Crippen LogP contribution in [-0.2, 0) is 4.74 Å². The number of anilines is 3. The zero-order chi connectivity index (χ0) is 16.8. The van der Waals surface area contributed by atoms with Crippen LogP contribution in [0.3, 0.4) is 0 Å². The number of esters is 1.